The number of H-pyrrole nitrogens is 1. The molecule has 0 spiro atoms. The Balaban J connectivity index is 2.50. The highest BCUT2D eigenvalue weighted by Crippen LogP contribution is 2.22. The summed E-state index contributed by atoms with van der Waals surface area (Å²) in [6.45, 7) is 0.429. The predicted octanol–water partition coefficient (Wildman–Crippen LogP) is 0.808. The normalized spacial score (nSPS) is 17.0. The van der Waals surface area contributed by atoms with Gasteiger partial charge in [-0.15, -0.1) is 0 Å². The lowest BCUT2D eigenvalue weighted by Gasteiger charge is -2.09. The third kappa shape index (κ3) is 0.767. The molecule has 2 rings (SSSR count). The molecule has 0 aliphatic carbocycles. The lowest BCUT2D eigenvalue weighted by atomic mass is 10.3. The fraction of sp³-hybridized carbons (Fsp3) is 0.167. The smallest absolute Gasteiger partial charge is 0.194 e. The summed E-state index contributed by atoms with van der Waals surface area (Å²) in [7, 11) is 0. The topological polar surface area (TPSA) is 44.9 Å². The number of hydrogen-bond acceptors (Lipinski definition) is 3. The molecule has 0 amide bonds. The Kier molecular flexibility index (Phi) is 1.28. The van der Waals surface area contributed by atoms with Crippen LogP contribution in [0.2, 0.25) is 0 Å². The minimum absolute atomic E-state index is 0.138. The Morgan fingerprint density at radius 2 is 2.50 bits per heavy atom. The average Bonchev–Trinajstić information content (AvgIpc) is 2.36. The second-order valence-corrected chi connectivity index (χ2v) is 3.00. The molecule has 0 aromatic carbocycles. The van der Waals surface area contributed by atoms with E-state index in [2.05, 4.69) is 9.71 Å². The van der Waals surface area contributed by atoms with Gasteiger partial charge in [0.1, 0.15) is 0 Å². The highest BCUT2D eigenvalue weighted by molar-refractivity contribution is 7.97. The van der Waals surface area contributed by atoms with E-state index in [1.165, 1.54) is 11.9 Å². The molecular formula is C6H6N2OS. The number of aromatic amines is 1. The van der Waals surface area contributed by atoms with Gasteiger partial charge in [-0.1, -0.05) is 0 Å². The second kappa shape index (κ2) is 2.14. The Bertz CT molecular complexity index is 268. The summed E-state index contributed by atoms with van der Waals surface area (Å²) in [5, 5.41) is 0. The van der Waals surface area contributed by atoms with Gasteiger partial charge >= 0.3 is 0 Å². The lowest BCUT2D eigenvalue weighted by molar-refractivity contribution is 0.0988. The molecule has 1 aliphatic heterocycles. The molecule has 1 aromatic heterocycles. The summed E-state index contributed by atoms with van der Waals surface area (Å²) >= 11 is 1.50. The Labute approximate surface area is 62.3 Å². The first kappa shape index (κ1) is 6.00. The molecule has 0 unspecified atom stereocenters. The first-order valence-electron chi connectivity index (χ1n) is 2.98. The van der Waals surface area contributed by atoms with Gasteiger partial charge in [0.2, 0.25) is 0 Å². The van der Waals surface area contributed by atoms with E-state index in [4.69, 9.17) is 0 Å². The summed E-state index contributed by atoms with van der Waals surface area (Å²) in [6.07, 6.45) is 1.78. The molecule has 0 saturated carbocycles. The van der Waals surface area contributed by atoms with E-state index in [-0.39, 0.29) is 5.78 Å². The summed E-state index contributed by atoms with van der Waals surface area (Å²) in [4.78, 5) is 14.9. The highest BCUT2D eigenvalue weighted by atomic mass is 32.2. The fourth-order valence-electron chi connectivity index (χ4n) is 0.926. The molecule has 2 N–H and O–H groups in total. The quantitative estimate of drug-likeness (QED) is 0.543. The van der Waals surface area contributed by atoms with Crippen LogP contribution in [-0.4, -0.2) is 17.3 Å². The van der Waals surface area contributed by atoms with Crippen LogP contribution in [0.4, 0.5) is 0 Å². The second-order valence-electron chi connectivity index (χ2n) is 2.06. The molecule has 0 fully saturated rings. The van der Waals surface area contributed by atoms with Crippen molar-refractivity contribution < 1.29 is 4.79 Å². The molecule has 0 radical (unpaired) electrons. The standard InChI is InChI=1S/C6H6N2OS/c9-4-3-8-10-5-1-2-7-6(4)5/h1-2,7-8H,3H2. The van der Waals surface area contributed by atoms with Crippen molar-refractivity contribution in [3.8, 4) is 0 Å². The van der Waals surface area contributed by atoms with Crippen LogP contribution in [0.25, 0.3) is 0 Å². The van der Waals surface area contributed by atoms with E-state index in [0.29, 0.717) is 6.54 Å². The van der Waals surface area contributed by atoms with Gasteiger partial charge in [0, 0.05) is 6.20 Å². The van der Waals surface area contributed by atoms with Crippen LogP contribution in [0.3, 0.4) is 0 Å². The number of carbonyl (C=O) groups excluding carboxylic acids is 1. The number of aromatic nitrogens is 1. The first-order chi connectivity index (χ1) is 4.88. The van der Waals surface area contributed by atoms with Crippen molar-refractivity contribution in [3.05, 3.63) is 18.0 Å². The van der Waals surface area contributed by atoms with E-state index < -0.39 is 0 Å². The van der Waals surface area contributed by atoms with Crippen LogP contribution >= 0.6 is 11.9 Å². The number of ketones is 1. The highest BCUT2D eigenvalue weighted by Gasteiger charge is 2.17. The molecule has 1 aromatic rings. The number of nitrogens with one attached hydrogen (secondary N) is 2. The zero-order valence-corrected chi connectivity index (χ0v) is 5.99. The molecular weight excluding hydrogens is 148 g/mol. The Morgan fingerprint density at radius 3 is 3.30 bits per heavy atom. The summed E-state index contributed by atoms with van der Waals surface area (Å²) in [5.41, 5.74) is 0.740. The van der Waals surface area contributed by atoms with Gasteiger partial charge in [-0.3, -0.25) is 9.52 Å². The number of fused-ring (bicyclic) bond motifs is 1. The Hall–Kier alpha value is -0.740. The van der Waals surface area contributed by atoms with Crippen molar-refractivity contribution in [2.45, 2.75) is 4.90 Å². The van der Waals surface area contributed by atoms with Gasteiger partial charge in [-0.25, -0.2) is 0 Å². The first-order valence-corrected chi connectivity index (χ1v) is 3.80. The van der Waals surface area contributed by atoms with Gasteiger partial charge in [0.05, 0.1) is 17.1 Å². The summed E-state index contributed by atoms with van der Waals surface area (Å²) in [6, 6.07) is 1.89. The lowest BCUT2D eigenvalue weighted by Crippen LogP contribution is -2.22. The molecule has 3 nitrogen and oxygen atoms in total. The van der Waals surface area contributed by atoms with Crippen molar-refractivity contribution in [3.63, 3.8) is 0 Å². The van der Waals surface area contributed by atoms with Gasteiger partial charge in [0.15, 0.2) is 5.78 Å². The van der Waals surface area contributed by atoms with Crippen LogP contribution < -0.4 is 4.72 Å². The maximum atomic E-state index is 11.0. The number of hydrogen-bond donors (Lipinski definition) is 2. The average molecular weight is 154 g/mol. The van der Waals surface area contributed by atoms with Gasteiger partial charge in [-0.2, -0.15) is 0 Å². The van der Waals surface area contributed by atoms with Gasteiger partial charge in [-0.05, 0) is 18.0 Å². The van der Waals surface area contributed by atoms with Crippen LogP contribution in [0.15, 0.2) is 17.2 Å². The number of Topliss-reactive ketones (excluding diaryl/α,β-unsaturated/α-hetero) is 1. The molecule has 4 heteroatoms. The molecule has 0 saturated heterocycles. The Morgan fingerprint density at radius 1 is 1.60 bits per heavy atom. The third-order valence-corrected chi connectivity index (χ3v) is 2.25. The van der Waals surface area contributed by atoms with Crippen molar-refractivity contribution >= 4 is 17.7 Å². The SMILES string of the molecule is O=C1CNSc2cc[nH]c21. The fourth-order valence-corrected chi connectivity index (χ4v) is 1.70. The molecule has 1 aliphatic rings. The van der Waals surface area contributed by atoms with E-state index in [0.717, 1.165) is 10.6 Å². The molecule has 52 valence electrons. The van der Waals surface area contributed by atoms with Crippen LogP contribution in [-0.2, 0) is 0 Å². The van der Waals surface area contributed by atoms with Crippen molar-refractivity contribution in [1.29, 1.82) is 0 Å². The molecule has 0 atom stereocenters. The molecule has 2 heterocycles. The maximum Gasteiger partial charge on any atom is 0.194 e. The van der Waals surface area contributed by atoms with E-state index >= 15 is 0 Å². The van der Waals surface area contributed by atoms with E-state index in [1.807, 2.05) is 6.07 Å². The third-order valence-electron chi connectivity index (χ3n) is 1.40. The van der Waals surface area contributed by atoms with Crippen LogP contribution in [0, 0.1) is 0 Å². The van der Waals surface area contributed by atoms with Crippen molar-refractivity contribution in [1.82, 2.24) is 9.71 Å². The summed E-state index contributed by atoms with van der Waals surface area (Å²) < 4.78 is 2.92. The van der Waals surface area contributed by atoms with Crippen molar-refractivity contribution in [2.24, 2.45) is 0 Å². The van der Waals surface area contributed by atoms with E-state index in [1.54, 1.807) is 6.20 Å². The van der Waals surface area contributed by atoms with E-state index in [9.17, 15) is 4.79 Å². The molecule has 0 bridgehead atoms. The molecule has 10 heavy (non-hydrogen) atoms. The predicted molar refractivity (Wildman–Crippen MR) is 39.0 cm³/mol. The largest absolute Gasteiger partial charge is 0.358 e. The van der Waals surface area contributed by atoms with Crippen molar-refractivity contribution in [2.75, 3.05) is 6.54 Å². The number of rotatable bonds is 0. The monoisotopic (exact) mass is 154 g/mol. The van der Waals surface area contributed by atoms with Gasteiger partial charge in [0.25, 0.3) is 0 Å². The van der Waals surface area contributed by atoms with Crippen LogP contribution in [0.1, 0.15) is 10.5 Å². The minimum Gasteiger partial charge on any atom is -0.358 e. The zero-order valence-electron chi connectivity index (χ0n) is 5.18. The van der Waals surface area contributed by atoms with Gasteiger partial charge < -0.3 is 4.98 Å². The maximum absolute atomic E-state index is 11.0. The summed E-state index contributed by atoms with van der Waals surface area (Å²) in [5.74, 6) is 0.138. The minimum atomic E-state index is 0.138. The number of carbonyl (C=O) groups is 1. The zero-order chi connectivity index (χ0) is 6.97. The van der Waals surface area contributed by atoms with Crippen LogP contribution in [0.5, 0.6) is 0 Å².